The second kappa shape index (κ2) is 8.70. The van der Waals surface area contributed by atoms with Gasteiger partial charge in [0.1, 0.15) is 0 Å². The fraction of sp³-hybridized carbons (Fsp3) is 0.300. The Morgan fingerprint density at radius 3 is 2.59 bits per heavy atom. The number of hydrogen-bond acceptors (Lipinski definition) is 7. The van der Waals surface area contributed by atoms with Gasteiger partial charge in [0.25, 0.3) is 11.6 Å². The minimum atomic E-state index is -0.527. The van der Waals surface area contributed by atoms with E-state index in [1.54, 1.807) is 18.2 Å². The van der Waals surface area contributed by atoms with Gasteiger partial charge in [0.2, 0.25) is 0 Å². The number of morpholine rings is 1. The lowest BCUT2D eigenvalue weighted by molar-refractivity contribution is -0.385. The van der Waals surface area contributed by atoms with Crippen LogP contribution in [-0.4, -0.2) is 50.2 Å². The first kappa shape index (κ1) is 20.3. The molecule has 1 fully saturated rings. The van der Waals surface area contributed by atoms with Gasteiger partial charge in [0.05, 0.1) is 42.2 Å². The summed E-state index contributed by atoms with van der Waals surface area (Å²) in [7, 11) is 1.28. The molecule has 1 N–H and O–H groups in total. The molecule has 0 spiro atoms. The Morgan fingerprint density at radius 1 is 1.21 bits per heavy atom. The molecule has 152 valence electrons. The molecular weight excluding hydrogens is 378 g/mol. The van der Waals surface area contributed by atoms with Gasteiger partial charge in [0.15, 0.2) is 0 Å². The first-order valence-electron chi connectivity index (χ1n) is 9.02. The van der Waals surface area contributed by atoms with Crippen molar-refractivity contribution in [3.05, 3.63) is 63.2 Å². The number of carbonyl (C=O) groups is 2. The van der Waals surface area contributed by atoms with Gasteiger partial charge in [-0.05, 0) is 31.2 Å². The fourth-order valence-electron chi connectivity index (χ4n) is 3.22. The van der Waals surface area contributed by atoms with Gasteiger partial charge in [-0.3, -0.25) is 14.9 Å². The van der Waals surface area contributed by atoms with Crippen LogP contribution in [0.3, 0.4) is 0 Å². The minimum absolute atomic E-state index is 0.130. The molecule has 0 radical (unpaired) electrons. The molecule has 1 amide bonds. The molecule has 9 nitrogen and oxygen atoms in total. The Bertz CT molecular complexity index is 953. The van der Waals surface area contributed by atoms with Crippen LogP contribution in [0.1, 0.15) is 26.3 Å². The number of rotatable bonds is 5. The quantitative estimate of drug-likeness (QED) is 0.467. The zero-order chi connectivity index (χ0) is 21.0. The van der Waals surface area contributed by atoms with E-state index in [2.05, 4.69) is 5.32 Å². The average Bonchev–Trinajstić information content (AvgIpc) is 2.73. The third-order valence-electron chi connectivity index (χ3n) is 4.76. The minimum Gasteiger partial charge on any atom is -0.465 e. The van der Waals surface area contributed by atoms with E-state index < -0.39 is 16.8 Å². The predicted octanol–water partition coefficient (Wildman–Crippen LogP) is 2.78. The van der Waals surface area contributed by atoms with Crippen molar-refractivity contribution in [2.45, 2.75) is 6.92 Å². The maximum absolute atomic E-state index is 12.9. The van der Waals surface area contributed by atoms with Crippen LogP contribution < -0.4 is 10.2 Å². The number of methoxy groups -OCH3 is 1. The summed E-state index contributed by atoms with van der Waals surface area (Å²) in [5.41, 5.74) is 1.77. The molecule has 0 bridgehead atoms. The van der Waals surface area contributed by atoms with Gasteiger partial charge in [-0.2, -0.15) is 0 Å². The van der Waals surface area contributed by atoms with Gasteiger partial charge >= 0.3 is 5.97 Å². The summed E-state index contributed by atoms with van der Waals surface area (Å²) in [5.74, 6) is -1.02. The zero-order valence-electron chi connectivity index (χ0n) is 16.1. The van der Waals surface area contributed by atoms with Crippen molar-refractivity contribution >= 4 is 28.9 Å². The monoisotopic (exact) mass is 399 g/mol. The van der Waals surface area contributed by atoms with E-state index in [1.807, 2.05) is 4.90 Å². The number of nitro groups is 1. The summed E-state index contributed by atoms with van der Waals surface area (Å²) in [6.45, 7) is 3.90. The summed E-state index contributed by atoms with van der Waals surface area (Å²) in [6, 6.07) is 9.26. The largest absolute Gasteiger partial charge is 0.465 e. The second-order valence-corrected chi connectivity index (χ2v) is 6.48. The topological polar surface area (TPSA) is 111 Å². The molecule has 1 aliphatic rings. The fourth-order valence-corrected chi connectivity index (χ4v) is 3.22. The molecule has 9 heteroatoms. The number of hydrogen-bond donors (Lipinski definition) is 1. The molecule has 0 aliphatic carbocycles. The number of nitro benzene ring substituents is 1. The van der Waals surface area contributed by atoms with E-state index in [9.17, 15) is 19.7 Å². The number of carbonyl (C=O) groups excluding carboxylic acids is 2. The number of benzene rings is 2. The van der Waals surface area contributed by atoms with Crippen molar-refractivity contribution < 1.29 is 24.0 Å². The summed E-state index contributed by atoms with van der Waals surface area (Å²) >= 11 is 0. The molecule has 2 aromatic carbocycles. The molecule has 2 aromatic rings. The zero-order valence-corrected chi connectivity index (χ0v) is 16.1. The van der Waals surface area contributed by atoms with E-state index in [1.165, 1.54) is 32.2 Å². The second-order valence-electron chi connectivity index (χ2n) is 6.48. The molecule has 3 rings (SSSR count). The summed E-state index contributed by atoms with van der Waals surface area (Å²) in [5, 5.41) is 14.0. The van der Waals surface area contributed by atoms with Crippen molar-refractivity contribution in [1.29, 1.82) is 0 Å². The van der Waals surface area contributed by atoms with Crippen LogP contribution in [-0.2, 0) is 9.47 Å². The van der Waals surface area contributed by atoms with Gasteiger partial charge < -0.3 is 19.7 Å². The smallest absolute Gasteiger partial charge is 0.337 e. The number of nitrogens with one attached hydrogen (secondary N) is 1. The lowest BCUT2D eigenvalue weighted by Gasteiger charge is -2.30. The molecule has 0 unspecified atom stereocenters. The molecule has 29 heavy (non-hydrogen) atoms. The molecule has 0 atom stereocenters. The highest BCUT2D eigenvalue weighted by molar-refractivity contribution is 6.08. The highest BCUT2D eigenvalue weighted by Crippen LogP contribution is 2.30. The summed E-state index contributed by atoms with van der Waals surface area (Å²) in [6.07, 6.45) is 0. The van der Waals surface area contributed by atoms with E-state index in [-0.39, 0.29) is 22.4 Å². The van der Waals surface area contributed by atoms with Crippen LogP contribution in [0, 0.1) is 17.0 Å². The van der Waals surface area contributed by atoms with Crippen LogP contribution in [0.4, 0.5) is 17.1 Å². The highest BCUT2D eigenvalue weighted by atomic mass is 16.6. The Kier molecular flexibility index (Phi) is 6.08. The molecule has 0 aromatic heterocycles. The molecule has 1 aliphatic heterocycles. The number of anilines is 2. The average molecular weight is 399 g/mol. The maximum Gasteiger partial charge on any atom is 0.337 e. The SMILES string of the molecule is COC(=O)c1ccc(N2CCOCC2)c(NC(=O)c2cccc([N+](=O)[O-])c2C)c1. The van der Waals surface area contributed by atoms with Crippen LogP contribution in [0.15, 0.2) is 36.4 Å². The van der Waals surface area contributed by atoms with Gasteiger partial charge in [0, 0.05) is 30.3 Å². The van der Waals surface area contributed by atoms with Crippen molar-refractivity contribution in [3.63, 3.8) is 0 Å². The van der Waals surface area contributed by atoms with E-state index in [4.69, 9.17) is 9.47 Å². The van der Waals surface area contributed by atoms with Gasteiger partial charge in [-0.1, -0.05) is 6.07 Å². The normalized spacial score (nSPS) is 13.7. The molecule has 1 saturated heterocycles. The van der Waals surface area contributed by atoms with Crippen molar-refractivity contribution in [2.24, 2.45) is 0 Å². The lowest BCUT2D eigenvalue weighted by Crippen LogP contribution is -2.36. The number of amides is 1. The van der Waals surface area contributed by atoms with Crippen molar-refractivity contribution in [1.82, 2.24) is 0 Å². The summed E-state index contributed by atoms with van der Waals surface area (Å²) < 4.78 is 10.1. The third kappa shape index (κ3) is 4.35. The molecule has 0 saturated carbocycles. The molecular formula is C20H21N3O6. The van der Waals surface area contributed by atoms with E-state index in [0.717, 1.165) is 5.69 Å². The Hall–Kier alpha value is -3.46. The number of esters is 1. The first-order valence-corrected chi connectivity index (χ1v) is 9.02. The first-order chi connectivity index (χ1) is 13.9. The Labute approximate surface area is 167 Å². The Balaban J connectivity index is 1.97. The van der Waals surface area contributed by atoms with Crippen molar-refractivity contribution in [3.8, 4) is 0 Å². The highest BCUT2D eigenvalue weighted by Gasteiger charge is 2.22. The number of ether oxygens (including phenoxy) is 2. The van der Waals surface area contributed by atoms with Gasteiger partial charge in [-0.15, -0.1) is 0 Å². The Morgan fingerprint density at radius 2 is 1.93 bits per heavy atom. The van der Waals surface area contributed by atoms with Gasteiger partial charge in [-0.25, -0.2) is 4.79 Å². The lowest BCUT2D eigenvalue weighted by atomic mass is 10.1. The molecule has 1 heterocycles. The van der Waals surface area contributed by atoms with Crippen LogP contribution in [0.2, 0.25) is 0 Å². The number of nitrogens with zero attached hydrogens (tertiary/aromatic N) is 2. The van der Waals surface area contributed by atoms with Crippen LogP contribution >= 0.6 is 0 Å². The maximum atomic E-state index is 12.9. The van der Waals surface area contributed by atoms with Crippen LogP contribution in [0.5, 0.6) is 0 Å². The van der Waals surface area contributed by atoms with E-state index in [0.29, 0.717) is 32.0 Å². The van der Waals surface area contributed by atoms with Crippen molar-refractivity contribution in [2.75, 3.05) is 43.6 Å². The predicted molar refractivity (Wildman–Crippen MR) is 107 cm³/mol. The standard InChI is InChI=1S/C20H21N3O6/c1-13-15(4-3-5-17(13)23(26)27)19(24)21-16-12-14(20(25)28-2)6-7-18(16)22-8-10-29-11-9-22/h3-7,12H,8-11H2,1-2H3,(H,21,24). The third-order valence-corrected chi connectivity index (χ3v) is 4.76. The summed E-state index contributed by atoms with van der Waals surface area (Å²) in [4.78, 5) is 37.5. The van der Waals surface area contributed by atoms with Crippen LogP contribution in [0.25, 0.3) is 0 Å². The van der Waals surface area contributed by atoms with E-state index >= 15 is 0 Å².